The van der Waals surface area contributed by atoms with Gasteiger partial charge in [-0.25, -0.2) is 8.42 Å². The van der Waals surface area contributed by atoms with Gasteiger partial charge >= 0.3 is 0 Å². The molecule has 0 radical (unpaired) electrons. The van der Waals surface area contributed by atoms with Gasteiger partial charge in [-0.1, -0.05) is 54.6 Å². The van der Waals surface area contributed by atoms with Crippen molar-refractivity contribution in [2.45, 2.75) is 19.1 Å². The Hall–Kier alpha value is -3.85. The molecule has 8 nitrogen and oxygen atoms in total. The smallest absolute Gasteiger partial charge is 0.267 e. The van der Waals surface area contributed by atoms with Crippen molar-refractivity contribution in [1.29, 1.82) is 0 Å². The zero-order chi connectivity index (χ0) is 24.3. The van der Waals surface area contributed by atoms with Crippen molar-refractivity contribution in [3.05, 3.63) is 90.0 Å². The Morgan fingerprint density at radius 3 is 2.35 bits per heavy atom. The van der Waals surface area contributed by atoms with E-state index in [4.69, 9.17) is 4.74 Å². The summed E-state index contributed by atoms with van der Waals surface area (Å²) in [4.78, 5) is 26.1. The van der Waals surface area contributed by atoms with Crippen LogP contribution in [-0.2, 0) is 14.8 Å². The highest BCUT2D eigenvalue weighted by atomic mass is 32.2. The zero-order valence-electron chi connectivity index (χ0n) is 18.8. The fourth-order valence-electron chi connectivity index (χ4n) is 3.76. The van der Waals surface area contributed by atoms with E-state index in [-0.39, 0.29) is 24.1 Å². The maximum atomic E-state index is 13.1. The molecular weight excluding hydrogens is 454 g/mol. The van der Waals surface area contributed by atoms with Crippen molar-refractivity contribution in [1.82, 2.24) is 5.32 Å². The summed E-state index contributed by atoms with van der Waals surface area (Å²) >= 11 is 0. The molecule has 4 rings (SSSR count). The Balaban J connectivity index is 1.53. The maximum Gasteiger partial charge on any atom is 0.267 e. The predicted octanol–water partition coefficient (Wildman–Crippen LogP) is 3.34. The Morgan fingerprint density at radius 1 is 0.971 bits per heavy atom. The summed E-state index contributed by atoms with van der Waals surface area (Å²) in [5.41, 5.74) is 1.92. The van der Waals surface area contributed by atoms with Crippen LogP contribution >= 0.6 is 0 Å². The molecule has 0 saturated heterocycles. The number of carbonyl (C=O) groups excluding carboxylic acids is 2. The Labute approximate surface area is 198 Å². The minimum atomic E-state index is -3.63. The lowest BCUT2D eigenvalue weighted by molar-refractivity contribution is -0.122. The van der Waals surface area contributed by atoms with E-state index in [1.54, 1.807) is 48.5 Å². The molecule has 0 fully saturated rings. The van der Waals surface area contributed by atoms with Crippen LogP contribution in [-0.4, -0.2) is 39.1 Å². The molecule has 9 heteroatoms. The number of para-hydroxylation sites is 3. The topological polar surface area (TPSA) is 105 Å². The van der Waals surface area contributed by atoms with Gasteiger partial charge in [0.2, 0.25) is 10.0 Å². The third-order valence-corrected chi connectivity index (χ3v) is 6.65. The third-order valence-electron chi connectivity index (χ3n) is 5.50. The van der Waals surface area contributed by atoms with Crippen LogP contribution in [0.2, 0.25) is 0 Å². The monoisotopic (exact) mass is 479 g/mol. The van der Waals surface area contributed by atoms with Crippen molar-refractivity contribution in [3.8, 4) is 5.75 Å². The summed E-state index contributed by atoms with van der Waals surface area (Å²) in [6, 6.07) is 22.6. The van der Waals surface area contributed by atoms with E-state index in [1.165, 1.54) is 0 Å². The van der Waals surface area contributed by atoms with Crippen LogP contribution in [0.25, 0.3) is 0 Å². The molecule has 0 spiro atoms. The number of nitrogens with zero attached hydrogens (tertiary/aromatic N) is 1. The molecule has 0 aliphatic carbocycles. The van der Waals surface area contributed by atoms with Crippen molar-refractivity contribution in [2.24, 2.45) is 0 Å². The van der Waals surface area contributed by atoms with Crippen LogP contribution in [0, 0.1) is 0 Å². The standard InChI is InChI=1S/C25H25N3O5S/c1-17(18-10-4-3-5-11-18)26-24(29)19-12-6-7-13-20(19)27-25(30)23-16-28(34(2,31)32)21-14-8-9-15-22(21)33-23/h3-15,17,23H,16H2,1-2H3,(H,26,29)(H,27,30). The average molecular weight is 480 g/mol. The van der Waals surface area contributed by atoms with Crippen LogP contribution in [0.3, 0.4) is 0 Å². The number of benzene rings is 3. The third kappa shape index (κ3) is 5.04. The molecule has 176 valence electrons. The van der Waals surface area contributed by atoms with Crippen LogP contribution in [0.5, 0.6) is 5.75 Å². The lowest BCUT2D eigenvalue weighted by atomic mass is 10.1. The second kappa shape index (κ2) is 9.56. The first-order valence-electron chi connectivity index (χ1n) is 10.7. The molecule has 2 amide bonds. The molecule has 2 unspecified atom stereocenters. The minimum absolute atomic E-state index is 0.179. The van der Waals surface area contributed by atoms with Gasteiger partial charge in [-0.3, -0.25) is 13.9 Å². The zero-order valence-corrected chi connectivity index (χ0v) is 19.6. The van der Waals surface area contributed by atoms with Gasteiger partial charge in [0.05, 0.1) is 35.8 Å². The van der Waals surface area contributed by atoms with E-state index < -0.39 is 22.0 Å². The number of hydrogen-bond acceptors (Lipinski definition) is 5. The number of fused-ring (bicyclic) bond motifs is 1. The van der Waals surface area contributed by atoms with E-state index in [2.05, 4.69) is 10.6 Å². The largest absolute Gasteiger partial charge is 0.476 e. The van der Waals surface area contributed by atoms with Crippen LogP contribution in [0.1, 0.15) is 28.9 Å². The van der Waals surface area contributed by atoms with E-state index in [9.17, 15) is 18.0 Å². The molecule has 1 aliphatic rings. The van der Waals surface area contributed by atoms with Gasteiger partial charge in [-0.05, 0) is 36.8 Å². The summed E-state index contributed by atoms with van der Waals surface area (Å²) in [7, 11) is -3.63. The predicted molar refractivity (Wildman–Crippen MR) is 130 cm³/mol. The van der Waals surface area contributed by atoms with Gasteiger partial charge in [0.1, 0.15) is 5.75 Å². The molecule has 3 aromatic rings. The Kier molecular flexibility index (Phi) is 6.56. The molecule has 3 aromatic carbocycles. The first-order valence-corrected chi connectivity index (χ1v) is 12.6. The van der Waals surface area contributed by atoms with Gasteiger partial charge in [-0.15, -0.1) is 0 Å². The van der Waals surface area contributed by atoms with Gasteiger partial charge < -0.3 is 15.4 Å². The molecule has 1 heterocycles. The molecule has 0 aromatic heterocycles. The second-order valence-electron chi connectivity index (χ2n) is 8.01. The number of carbonyl (C=O) groups is 2. The quantitative estimate of drug-likeness (QED) is 0.564. The molecule has 0 bridgehead atoms. The van der Waals surface area contributed by atoms with Gasteiger partial charge in [-0.2, -0.15) is 0 Å². The lowest BCUT2D eigenvalue weighted by Gasteiger charge is -2.33. The highest BCUT2D eigenvalue weighted by Crippen LogP contribution is 2.35. The van der Waals surface area contributed by atoms with E-state index in [1.807, 2.05) is 37.3 Å². The summed E-state index contributed by atoms with van der Waals surface area (Å²) in [5.74, 6) is -0.610. The number of amides is 2. The molecule has 2 N–H and O–H groups in total. The fraction of sp³-hybridized carbons (Fsp3) is 0.200. The van der Waals surface area contributed by atoms with Crippen LogP contribution < -0.4 is 19.7 Å². The normalized spacial score (nSPS) is 16.1. The maximum absolute atomic E-state index is 13.1. The first kappa shape index (κ1) is 23.3. The first-order chi connectivity index (χ1) is 16.2. The number of nitrogens with one attached hydrogen (secondary N) is 2. The molecule has 0 saturated carbocycles. The number of anilines is 2. The highest BCUT2D eigenvalue weighted by molar-refractivity contribution is 7.92. The van der Waals surface area contributed by atoms with E-state index in [0.717, 1.165) is 16.1 Å². The number of hydrogen-bond donors (Lipinski definition) is 2. The lowest BCUT2D eigenvalue weighted by Crippen LogP contribution is -2.48. The van der Waals surface area contributed by atoms with Crippen molar-refractivity contribution in [2.75, 3.05) is 22.4 Å². The Bertz CT molecular complexity index is 1310. The van der Waals surface area contributed by atoms with Crippen molar-refractivity contribution >= 4 is 33.2 Å². The summed E-state index contributed by atoms with van der Waals surface area (Å²) < 4.78 is 31.6. The number of rotatable bonds is 6. The molecule has 34 heavy (non-hydrogen) atoms. The SMILES string of the molecule is CC(NC(=O)c1ccccc1NC(=O)C1CN(S(C)(=O)=O)c2ccccc2O1)c1ccccc1. The number of sulfonamides is 1. The molecule has 1 aliphatic heterocycles. The van der Waals surface area contributed by atoms with Gasteiger partial charge in [0, 0.05) is 0 Å². The Morgan fingerprint density at radius 2 is 1.62 bits per heavy atom. The summed E-state index contributed by atoms with van der Waals surface area (Å²) in [6.07, 6.45) is -0.0126. The molecular formula is C25H25N3O5S. The average Bonchev–Trinajstić information content (AvgIpc) is 2.83. The number of ether oxygens (including phenoxy) is 1. The highest BCUT2D eigenvalue weighted by Gasteiger charge is 2.35. The molecule has 2 atom stereocenters. The van der Waals surface area contributed by atoms with Gasteiger partial charge in [0.15, 0.2) is 6.10 Å². The van der Waals surface area contributed by atoms with E-state index in [0.29, 0.717) is 17.1 Å². The van der Waals surface area contributed by atoms with Crippen LogP contribution in [0.4, 0.5) is 11.4 Å². The fourth-order valence-corrected chi connectivity index (χ4v) is 4.67. The summed E-state index contributed by atoms with van der Waals surface area (Å²) in [6.45, 7) is 1.70. The van der Waals surface area contributed by atoms with Crippen molar-refractivity contribution < 1.29 is 22.7 Å². The van der Waals surface area contributed by atoms with Gasteiger partial charge in [0.25, 0.3) is 11.8 Å². The van der Waals surface area contributed by atoms with Crippen LogP contribution in [0.15, 0.2) is 78.9 Å². The van der Waals surface area contributed by atoms with E-state index >= 15 is 0 Å². The summed E-state index contributed by atoms with van der Waals surface area (Å²) in [5, 5.41) is 5.67. The van der Waals surface area contributed by atoms with Crippen molar-refractivity contribution in [3.63, 3.8) is 0 Å². The second-order valence-corrected chi connectivity index (χ2v) is 9.92. The minimum Gasteiger partial charge on any atom is -0.476 e.